The lowest BCUT2D eigenvalue weighted by atomic mass is 9.89. The Labute approximate surface area is 110 Å². The van der Waals surface area contributed by atoms with Crippen LogP contribution < -0.4 is 5.32 Å². The zero-order valence-electron chi connectivity index (χ0n) is 9.78. The molecule has 1 saturated heterocycles. The molecule has 0 saturated carbocycles. The van der Waals surface area contributed by atoms with Crippen LogP contribution in [-0.2, 0) is 9.53 Å². The van der Waals surface area contributed by atoms with Gasteiger partial charge in [-0.25, -0.2) is 8.78 Å². The fourth-order valence-electron chi connectivity index (χ4n) is 2.22. The number of nitrogens with one attached hydrogen (secondary N) is 1. The van der Waals surface area contributed by atoms with Crippen LogP contribution in [0.2, 0.25) is 0 Å². The highest BCUT2D eigenvalue weighted by Crippen LogP contribution is 2.29. The molecule has 6 heteroatoms. The van der Waals surface area contributed by atoms with Gasteiger partial charge in [-0.2, -0.15) is 0 Å². The van der Waals surface area contributed by atoms with Crippen molar-refractivity contribution in [3.8, 4) is 0 Å². The van der Waals surface area contributed by atoms with Crippen LogP contribution in [0.15, 0.2) is 18.2 Å². The van der Waals surface area contributed by atoms with Crippen LogP contribution in [0.25, 0.3) is 0 Å². The first-order valence-corrected chi connectivity index (χ1v) is 5.36. The Balaban J connectivity index is 0.00000162. The molecule has 1 aliphatic heterocycles. The fourth-order valence-corrected chi connectivity index (χ4v) is 2.22. The van der Waals surface area contributed by atoms with Crippen molar-refractivity contribution in [3.63, 3.8) is 0 Å². The average Bonchev–Trinajstić information content (AvgIpc) is 2.75. The van der Waals surface area contributed by atoms with Crippen molar-refractivity contribution in [3.05, 3.63) is 35.4 Å². The van der Waals surface area contributed by atoms with E-state index in [4.69, 9.17) is 0 Å². The summed E-state index contributed by atoms with van der Waals surface area (Å²) in [7, 11) is 1.31. The number of methoxy groups -OCH3 is 1. The molecule has 1 fully saturated rings. The van der Waals surface area contributed by atoms with Gasteiger partial charge in [0.15, 0.2) is 0 Å². The van der Waals surface area contributed by atoms with Crippen LogP contribution in [0, 0.1) is 17.6 Å². The molecule has 0 spiro atoms. The third-order valence-corrected chi connectivity index (χ3v) is 3.03. The predicted octanol–water partition coefficient (Wildman–Crippen LogP) is 1.86. The minimum absolute atomic E-state index is 0. The summed E-state index contributed by atoms with van der Waals surface area (Å²) >= 11 is 0. The summed E-state index contributed by atoms with van der Waals surface area (Å²) < 4.78 is 30.9. The number of ether oxygens (including phenoxy) is 1. The van der Waals surface area contributed by atoms with E-state index in [2.05, 4.69) is 10.1 Å². The Kier molecular flexibility index (Phi) is 5.04. The molecule has 2 rings (SSSR count). The number of halogens is 3. The summed E-state index contributed by atoms with van der Waals surface area (Å²) in [6, 6.07) is 3.34. The molecule has 0 radical (unpaired) electrons. The minimum Gasteiger partial charge on any atom is -0.469 e. The maximum absolute atomic E-state index is 13.1. The van der Waals surface area contributed by atoms with Crippen LogP contribution >= 0.6 is 12.4 Å². The van der Waals surface area contributed by atoms with Gasteiger partial charge in [0.1, 0.15) is 11.6 Å². The summed E-state index contributed by atoms with van der Waals surface area (Å²) in [6.45, 7) is 0.984. The van der Waals surface area contributed by atoms with Crippen LogP contribution in [-0.4, -0.2) is 26.2 Å². The molecule has 1 heterocycles. The first-order valence-electron chi connectivity index (χ1n) is 5.36. The monoisotopic (exact) mass is 277 g/mol. The van der Waals surface area contributed by atoms with Gasteiger partial charge in [0.2, 0.25) is 0 Å². The van der Waals surface area contributed by atoms with Crippen molar-refractivity contribution in [2.45, 2.75) is 5.92 Å². The summed E-state index contributed by atoms with van der Waals surface area (Å²) in [6.07, 6.45) is 0. The smallest absolute Gasteiger partial charge is 0.310 e. The first-order chi connectivity index (χ1) is 8.11. The van der Waals surface area contributed by atoms with Gasteiger partial charge in [0.05, 0.1) is 13.0 Å². The molecule has 18 heavy (non-hydrogen) atoms. The zero-order valence-corrected chi connectivity index (χ0v) is 10.6. The fraction of sp³-hybridized carbons (Fsp3) is 0.417. The van der Waals surface area contributed by atoms with Gasteiger partial charge < -0.3 is 10.1 Å². The average molecular weight is 278 g/mol. The molecule has 3 nitrogen and oxygen atoms in total. The highest BCUT2D eigenvalue weighted by molar-refractivity contribution is 5.85. The molecule has 1 aromatic carbocycles. The van der Waals surface area contributed by atoms with Crippen molar-refractivity contribution in [1.29, 1.82) is 0 Å². The van der Waals surface area contributed by atoms with E-state index in [-0.39, 0.29) is 30.2 Å². The van der Waals surface area contributed by atoms with Crippen LogP contribution in [0.3, 0.4) is 0 Å². The number of rotatable bonds is 2. The van der Waals surface area contributed by atoms with Crippen molar-refractivity contribution in [2.75, 3.05) is 20.2 Å². The Morgan fingerprint density at radius 1 is 1.28 bits per heavy atom. The Morgan fingerprint density at radius 3 is 2.44 bits per heavy atom. The number of hydrogen-bond acceptors (Lipinski definition) is 3. The number of hydrogen-bond donors (Lipinski definition) is 1. The molecule has 0 aromatic heterocycles. The Hall–Kier alpha value is -1.20. The van der Waals surface area contributed by atoms with E-state index in [1.54, 1.807) is 0 Å². The second kappa shape index (κ2) is 6.11. The number of carbonyl (C=O) groups excluding carboxylic acids is 1. The SMILES string of the molecule is COC(=O)C1CNCC1c1cc(F)cc(F)c1.Cl. The van der Waals surface area contributed by atoms with Gasteiger partial charge in [0.25, 0.3) is 0 Å². The lowest BCUT2D eigenvalue weighted by Gasteiger charge is -2.16. The van der Waals surface area contributed by atoms with Gasteiger partial charge in [-0.3, -0.25) is 4.79 Å². The first kappa shape index (κ1) is 14.9. The summed E-state index contributed by atoms with van der Waals surface area (Å²) in [5.41, 5.74) is 0.489. The summed E-state index contributed by atoms with van der Waals surface area (Å²) in [5.74, 6) is -2.25. The van der Waals surface area contributed by atoms with Crippen LogP contribution in [0.1, 0.15) is 11.5 Å². The molecule has 100 valence electrons. The van der Waals surface area contributed by atoms with Crippen LogP contribution in [0.5, 0.6) is 0 Å². The van der Waals surface area contributed by atoms with Crippen molar-refractivity contribution >= 4 is 18.4 Å². The van der Waals surface area contributed by atoms with Crippen molar-refractivity contribution in [1.82, 2.24) is 5.32 Å². The van der Waals surface area contributed by atoms with E-state index in [0.29, 0.717) is 18.7 Å². The summed E-state index contributed by atoms with van der Waals surface area (Å²) in [5, 5.41) is 3.03. The minimum atomic E-state index is -0.629. The van der Waals surface area contributed by atoms with Gasteiger partial charge in [0, 0.05) is 25.1 Å². The van der Waals surface area contributed by atoms with E-state index in [1.165, 1.54) is 19.2 Å². The Bertz CT molecular complexity index is 422. The largest absolute Gasteiger partial charge is 0.469 e. The van der Waals surface area contributed by atoms with Crippen LogP contribution in [0.4, 0.5) is 8.78 Å². The van der Waals surface area contributed by atoms with Crippen molar-refractivity contribution < 1.29 is 18.3 Å². The number of esters is 1. The molecule has 1 aliphatic rings. The molecule has 1 aromatic rings. The van der Waals surface area contributed by atoms with Gasteiger partial charge in [-0.15, -0.1) is 12.4 Å². The maximum Gasteiger partial charge on any atom is 0.310 e. The zero-order chi connectivity index (χ0) is 12.4. The quantitative estimate of drug-likeness (QED) is 0.839. The lowest BCUT2D eigenvalue weighted by molar-refractivity contribution is -0.145. The lowest BCUT2D eigenvalue weighted by Crippen LogP contribution is -2.23. The Morgan fingerprint density at radius 2 is 1.89 bits per heavy atom. The summed E-state index contributed by atoms with van der Waals surface area (Å²) in [4.78, 5) is 11.5. The van der Waals surface area contributed by atoms with Gasteiger partial charge in [-0.05, 0) is 17.7 Å². The van der Waals surface area contributed by atoms with E-state index >= 15 is 0 Å². The predicted molar refractivity (Wildman–Crippen MR) is 64.7 cm³/mol. The molecule has 0 aliphatic carbocycles. The molecule has 0 amide bonds. The highest BCUT2D eigenvalue weighted by atomic mass is 35.5. The third-order valence-electron chi connectivity index (χ3n) is 3.03. The second-order valence-corrected chi connectivity index (χ2v) is 4.10. The van der Waals surface area contributed by atoms with Gasteiger partial charge >= 0.3 is 5.97 Å². The highest BCUT2D eigenvalue weighted by Gasteiger charge is 2.35. The molecular weight excluding hydrogens is 264 g/mol. The molecule has 2 unspecified atom stereocenters. The third kappa shape index (κ3) is 2.97. The topological polar surface area (TPSA) is 38.3 Å². The standard InChI is InChI=1S/C12H13F2NO2.ClH/c1-17-12(16)11-6-15-5-10(11)7-2-8(13)4-9(14)3-7;/h2-4,10-11,15H,5-6H2,1H3;1H. The number of benzene rings is 1. The second-order valence-electron chi connectivity index (χ2n) is 4.10. The van der Waals surface area contributed by atoms with E-state index in [1.807, 2.05) is 0 Å². The van der Waals surface area contributed by atoms with Crippen molar-refractivity contribution in [2.24, 2.45) is 5.92 Å². The van der Waals surface area contributed by atoms with E-state index in [9.17, 15) is 13.6 Å². The van der Waals surface area contributed by atoms with E-state index in [0.717, 1.165) is 6.07 Å². The molecule has 0 bridgehead atoms. The number of carbonyl (C=O) groups is 1. The van der Waals surface area contributed by atoms with Gasteiger partial charge in [-0.1, -0.05) is 0 Å². The van der Waals surface area contributed by atoms with E-state index < -0.39 is 11.6 Å². The molecule has 2 atom stereocenters. The molecular formula is C12H14ClF2NO2. The molecule has 1 N–H and O–H groups in total. The normalized spacial score (nSPS) is 22.4. The maximum atomic E-state index is 13.1.